The molecule has 0 spiro atoms. The van der Waals surface area contributed by atoms with Gasteiger partial charge < -0.3 is 0 Å². The Labute approximate surface area is 92.2 Å². The van der Waals surface area contributed by atoms with Crippen LogP contribution >= 0.6 is 0 Å². The van der Waals surface area contributed by atoms with Gasteiger partial charge >= 0.3 is 0 Å². The van der Waals surface area contributed by atoms with E-state index in [1.165, 1.54) is 36.0 Å². The standard InChI is InChI=1S/C14H19N/c1-4-11-8-15-9-13-6-5-12(10(2)3)7-14(11)13/h8-9,12H,2,4-7H2,1,3H3/t12-/m0/s1. The topological polar surface area (TPSA) is 12.9 Å². The van der Waals surface area contributed by atoms with Crippen molar-refractivity contribution < 1.29 is 0 Å². The van der Waals surface area contributed by atoms with Crippen LogP contribution in [0.15, 0.2) is 24.5 Å². The summed E-state index contributed by atoms with van der Waals surface area (Å²) in [6.07, 6.45) is 8.77. The third kappa shape index (κ3) is 1.97. The van der Waals surface area contributed by atoms with Crippen LogP contribution in [0.5, 0.6) is 0 Å². The zero-order valence-corrected chi connectivity index (χ0v) is 9.71. The molecule has 0 fully saturated rings. The van der Waals surface area contributed by atoms with Crippen LogP contribution in [0.2, 0.25) is 0 Å². The first kappa shape index (κ1) is 10.4. The van der Waals surface area contributed by atoms with E-state index in [2.05, 4.69) is 25.4 Å². The van der Waals surface area contributed by atoms with E-state index in [1.54, 1.807) is 5.56 Å². The number of hydrogen-bond acceptors (Lipinski definition) is 1. The van der Waals surface area contributed by atoms with Gasteiger partial charge in [-0.15, -0.1) is 0 Å². The summed E-state index contributed by atoms with van der Waals surface area (Å²) in [5, 5.41) is 0. The molecule has 0 saturated heterocycles. The summed E-state index contributed by atoms with van der Waals surface area (Å²) in [7, 11) is 0. The predicted octanol–water partition coefficient (Wildman–Crippen LogP) is 3.33. The van der Waals surface area contributed by atoms with Crippen LogP contribution in [-0.4, -0.2) is 4.98 Å². The maximum atomic E-state index is 4.32. The molecule has 0 bridgehead atoms. The van der Waals surface area contributed by atoms with Crippen molar-refractivity contribution in [2.45, 2.75) is 39.5 Å². The summed E-state index contributed by atoms with van der Waals surface area (Å²) in [5.41, 5.74) is 5.77. The SMILES string of the molecule is C=C(C)[C@H]1CCc2cncc(CC)c2C1. The Hall–Kier alpha value is -1.11. The Kier molecular flexibility index (Phi) is 2.90. The molecule has 1 aliphatic carbocycles. The van der Waals surface area contributed by atoms with E-state index in [9.17, 15) is 0 Å². The van der Waals surface area contributed by atoms with E-state index in [-0.39, 0.29) is 0 Å². The molecule has 1 heterocycles. The first-order chi connectivity index (χ1) is 7.22. The monoisotopic (exact) mass is 201 g/mol. The minimum Gasteiger partial charge on any atom is -0.264 e. The molecular weight excluding hydrogens is 182 g/mol. The van der Waals surface area contributed by atoms with Crippen molar-refractivity contribution in [2.75, 3.05) is 0 Å². The van der Waals surface area contributed by atoms with Crippen LogP contribution in [-0.2, 0) is 19.3 Å². The lowest BCUT2D eigenvalue weighted by atomic mass is 9.79. The molecule has 0 amide bonds. The molecule has 0 unspecified atom stereocenters. The van der Waals surface area contributed by atoms with Gasteiger partial charge in [-0.05, 0) is 55.2 Å². The van der Waals surface area contributed by atoms with Crippen LogP contribution in [0, 0.1) is 5.92 Å². The number of allylic oxidation sites excluding steroid dienone is 1. The fourth-order valence-corrected chi connectivity index (χ4v) is 2.46. The van der Waals surface area contributed by atoms with Crippen LogP contribution in [0.4, 0.5) is 0 Å². The minimum atomic E-state index is 0.685. The third-order valence-corrected chi connectivity index (χ3v) is 3.53. The maximum absolute atomic E-state index is 4.32. The average Bonchev–Trinajstić information content (AvgIpc) is 2.27. The van der Waals surface area contributed by atoms with Crippen molar-refractivity contribution in [3.05, 3.63) is 41.2 Å². The number of rotatable bonds is 2. The highest BCUT2D eigenvalue weighted by molar-refractivity contribution is 5.35. The molecular formula is C14H19N. The van der Waals surface area contributed by atoms with Crippen molar-refractivity contribution >= 4 is 0 Å². The molecule has 0 saturated carbocycles. The minimum absolute atomic E-state index is 0.685. The van der Waals surface area contributed by atoms with Gasteiger partial charge in [0.15, 0.2) is 0 Å². The van der Waals surface area contributed by atoms with Crippen molar-refractivity contribution in [2.24, 2.45) is 5.92 Å². The van der Waals surface area contributed by atoms with Crippen LogP contribution in [0.3, 0.4) is 0 Å². The Morgan fingerprint density at radius 2 is 2.33 bits per heavy atom. The molecule has 0 aliphatic heterocycles. The fraction of sp³-hybridized carbons (Fsp3) is 0.500. The lowest BCUT2D eigenvalue weighted by Gasteiger charge is -2.26. The van der Waals surface area contributed by atoms with Gasteiger partial charge in [0.05, 0.1) is 0 Å². The van der Waals surface area contributed by atoms with Crippen molar-refractivity contribution in [3.8, 4) is 0 Å². The van der Waals surface area contributed by atoms with Crippen molar-refractivity contribution in [3.63, 3.8) is 0 Å². The molecule has 1 aromatic rings. The number of hydrogen-bond donors (Lipinski definition) is 0. The third-order valence-electron chi connectivity index (χ3n) is 3.53. The molecule has 1 aliphatic rings. The predicted molar refractivity (Wildman–Crippen MR) is 63.9 cm³/mol. The van der Waals surface area contributed by atoms with Gasteiger partial charge in [0.1, 0.15) is 0 Å². The molecule has 0 N–H and O–H groups in total. The lowest BCUT2D eigenvalue weighted by Crippen LogP contribution is -2.17. The summed E-state index contributed by atoms with van der Waals surface area (Å²) < 4.78 is 0. The highest BCUT2D eigenvalue weighted by atomic mass is 14.6. The van der Waals surface area contributed by atoms with Gasteiger partial charge in [0.25, 0.3) is 0 Å². The molecule has 1 aromatic heterocycles. The second kappa shape index (κ2) is 4.18. The molecule has 2 rings (SSSR count). The average molecular weight is 201 g/mol. The summed E-state index contributed by atoms with van der Waals surface area (Å²) in [5.74, 6) is 0.685. The Morgan fingerprint density at radius 3 is 3.00 bits per heavy atom. The van der Waals surface area contributed by atoms with Gasteiger partial charge in [-0.3, -0.25) is 4.98 Å². The molecule has 1 heteroatoms. The lowest BCUT2D eigenvalue weighted by molar-refractivity contribution is 0.522. The number of aromatic nitrogens is 1. The quantitative estimate of drug-likeness (QED) is 0.669. The Balaban J connectivity index is 2.34. The van der Waals surface area contributed by atoms with Crippen molar-refractivity contribution in [1.82, 2.24) is 4.98 Å². The largest absolute Gasteiger partial charge is 0.264 e. The molecule has 0 aromatic carbocycles. The van der Waals surface area contributed by atoms with Crippen LogP contribution in [0.1, 0.15) is 37.0 Å². The van der Waals surface area contributed by atoms with E-state index in [4.69, 9.17) is 0 Å². The fourth-order valence-electron chi connectivity index (χ4n) is 2.46. The first-order valence-corrected chi connectivity index (χ1v) is 5.82. The highest BCUT2D eigenvalue weighted by Gasteiger charge is 2.20. The summed E-state index contributed by atoms with van der Waals surface area (Å²) >= 11 is 0. The van der Waals surface area contributed by atoms with Gasteiger partial charge in [0, 0.05) is 12.4 Å². The molecule has 0 radical (unpaired) electrons. The Bertz CT molecular complexity index is 365. The summed E-state index contributed by atoms with van der Waals surface area (Å²) in [6.45, 7) is 8.46. The zero-order chi connectivity index (χ0) is 10.8. The number of fused-ring (bicyclic) bond motifs is 1. The summed E-state index contributed by atoms with van der Waals surface area (Å²) in [4.78, 5) is 4.32. The van der Waals surface area contributed by atoms with E-state index >= 15 is 0 Å². The first-order valence-electron chi connectivity index (χ1n) is 5.82. The number of nitrogens with zero attached hydrogens (tertiary/aromatic N) is 1. The van der Waals surface area contributed by atoms with Gasteiger partial charge in [-0.1, -0.05) is 19.1 Å². The van der Waals surface area contributed by atoms with E-state index in [0.717, 1.165) is 6.42 Å². The van der Waals surface area contributed by atoms with Crippen molar-refractivity contribution in [1.29, 1.82) is 0 Å². The summed E-state index contributed by atoms with van der Waals surface area (Å²) in [6, 6.07) is 0. The second-order valence-corrected chi connectivity index (χ2v) is 4.58. The van der Waals surface area contributed by atoms with E-state index in [0.29, 0.717) is 5.92 Å². The van der Waals surface area contributed by atoms with Gasteiger partial charge in [-0.25, -0.2) is 0 Å². The smallest absolute Gasteiger partial charge is 0.0302 e. The van der Waals surface area contributed by atoms with Crippen LogP contribution < -0.4 is 0 Å². The van der Waals surface area contributed by atoms with E-state index < -0.39 is 0 Å². The Morgan fingerprint density at radius 1 is 1.53 bits per heavy atom. The molecule has 1 atom stereocenters. The maximum Gasteiger partial charge on any atom is 0.0302 e. The van der Waals surface area contributed by atoms with E-state index in [1.807, 2.05) is 12.4 Å². The zero-order valence-electron chi connectivity index (χ0n) is 9.71. The number of pyridine rings is 1. The van der Waals surface area contributed by atoms with Gasteiger partial charge in [0.2, 0.25) is 0 Å². The highest BCUT2D eigenvalue weighted by Crippen LogP contribution is 2.30. The van der Waals surface area contributed by atoms with Crippen LogP contribution in [0.25, 0.3) is 0 Å². The van der Waals surface area contributed by atoms with Gasteiger partial charge in [-0.2, -0.15) is 0 Å². The molecule has 1 nitrogen and oxygen atoms in total. The second-order valence-electron chi connectivity index (χ2n) is 4.58. The number of aryl methyl sites for hydroxylation is 2. The normalized spacial score (nSPS) is 19.7. The molecule has 80 valence electrons. The molecule has 15 heavy (non-hydrogen) atoms.